The number of fused-ring (bicyclic) bond motifs is 1. The highest BCUT2D eigenvalue weighted by molar-refractivity contribution is 6.35. The zero-order chi connectivity index (χ0) is 12.4. The van der Waals surface area contributed by atoms with E-state index in [1.807, 2.05) is 36.6 Å². The molecule has 2 aromatic rings. The molecule has 92 valence electrons. The normalized spacial score (nSPS) is 11.5. The molecular formula is C12H16ClN3O. The highest BCUT2D eigenvalue weighted by Gasteiger charge is 2.10. The van der Waals surface area contributed by atoms with E-state index in [0.717, 1.165) is 11.0 Å². The maximum absolute atomic E-state index is 6.06. The number of nitrogens with zero attached hydrogens (tertiary/aromatic N) is 2. The smallest absolute Gasteiger partial charge is 0.201 e. The van der Waals surface area contributed by atoms with Crippen LogP contribution in [0.4, 0.5) is 5.95 Å². The second kappa shape index (κ2) is 4.94. The number of ether oxygens (including phenoxy) is 1. The van der Waals surface area contributed by atoms with Crippen LogP contribution >= 0.6 is 11.6 Å². The molecule has 5 heteroatoms. The van der Waals surface area contributed by atoms with Crippen molar-refractivity contribution in [3.8, 4) is 0 Å². The van der Waals surface area contributed by atoms with Crippen molar-refractivity contribution < 1.29 is 4.74 Å². The predicted octanol–water partition coefficient (Wildman–Crippen LogP) is 2.70. The van der Waals surface area contributed by atoms with Gasteiger partial charge in [-0.2, -0.15) is 0 Å². The summed E-state index contributed by atoms with van der Waals surface area (Å²) in [6.45, 7) is 5.30. The van der Waals surface area contributed by atoms with Gasteiger partial charge in [0, 0.05) is 6.54 Å². The lowest BCUT2D eigenvalue weighted by Crippen LogP contribution is -2.12. The van der Waals surface area contributed by atoms with E-state index in [9.17, 15) is 0 Å². The van der Waals surface area contributed by atoms with Crippen molar-refractivity contribution in [2.24, 2.45) is 0 Å². The minimum atomic E-state index is 0.217. The molecule has 2 rings (SSSR count). The van der Waals surface area contributed by atoms with Crippen molar-refractivity contribution in [2.75, 3.05) is 12.3 Å². The highest BCUT2D eigenvalue weighted by atomic mass is 35.5. The first-order chi connectivity index (χ1) is 8.09. The number of halogens is 1. The summed E-state index contributed by atoms with van der Waals surface area (Å²) in [6.07, 6.45) is 0.217. The number of rotatable bonds is 4. The molecule has 17 heavy (non-hydrogen) atoms. The third kappa shape index (κ3) is 2.53. The van der Waals surface area contributed by atoms with Gasteiger partial charge in [0.05, 0.1) is 23.3 Å². The Labute approximate surface area is 105 Å². The molecule has 0 saturated heterocycles. The maximum Gasteiger partial charge on any atom is 0.201 e. The van der Waals surface area contributed by atoms with Gasteiger partial charge in [0.25, 0.3) is 0 Å². The Hall–Kier alpha value is -1.26. The number of anilines is 1. The third-order valence-corrected chi connectivity index (χ3v) is 2.83. The van der Waals surface area contributed by atoms with E-state index in [-0.39, 0.29) is 6.10 Å². The van der Waals surface area contributed by atoms with Crippen LogP contribution in [0.25, 0.3) is 11.0 Å². The molecule has 0 saturated carbocycles. The molecular weight excluding hydrogens is 238 g/mol. The summed E-state index contributed by atoms with van der Waals surface area (Å²) in [5.41, 5.74) is 7.57. The van der Waals surface area contributed by atoms with Crippen LogP contribution in [0.1, 0.15) is 13.8 Å². The summed E-state index contributed by atoms with van der Waals surface area (Å²) in [6, 6.07) is 5.66. The molecule has 0 spiro atoms. The van der Waals surface area contributed by atoms with Crippen LogP contribution in [0.15, 0.2) is 18.2 Å². The number of nitrogens with two attached hydrogens (primary N) is 1. The van der Waals surface area contributed by atoms with E-state index in [1.54, 1.807) is 0 Å². The largest absolute Gasteiger partial charge is 0.377 e. The molecule has 0 aliphatic heterocycles. The van der Waals surface area contributed by atoms with Crippen LogP contribution in [-0.2, 0) is 11.3 Å². The first-order valence-corrected chi connectivity index (χ1v) is 5.99. The summed E-state index contributed by atoms with van der Waals surface area (Å²) >= 11 is 6.06. The van der Waals surface area contributed by atoms with E-state index in [1.165, 1.54) is 0 Å². The van der Waals surface area contributed by atoms with Gasteiger partial charge >= 0.3 is 0 Å². The van der Waals surface area contributed by atoms with E-state index in [0.29, 0.717) is 24.1 Å². The van der Waals surface area contributed by atoms with Crippen LogP contribution < -0.4 is 5.73 Å². The monoisotopic (exact) mass is 253 g/mol. The van der Waals surface area contributed by atoms with Gasteiger partial charge in [-0.3, -0.25) is 0 Å². The fraction of sp³-hybridized carbons (Fsp3) is 0.417. The minimum absolute atomic E-state index is 0.217. The zero-order valence-corrected chi connectivity index (χ0v) is 10.7. The SMILES string of the molecule is CC(C)OCCn1c(N)nc2c(Cl)cccc21. The molecule has 0 aliphatic carbocycles. The molecule has 0 aliphatic rings. The van der Waals surface area contributed by atoms with Crippen LogP contribution in [0.5, 0.6) is 0 Å². The molecule has 4 nitrogen and oxygen atoms in total. The summed E-state index contributed by atoms with van der Waals surface area (Å²) in [5, 5.41) is 0.623. The molecule has 0 amide bonds. The van der Waals surface area contributed by atoms with Gasteiger partial charge in [-0.1, -0.05) is 17.7 Å². The first kappa shape index (κ1) is 12.2. The van der Waals surface area contributed by atoms with Gasteiger partial charge in [0.15, 0.2) is 0 Å². The second-order valence-corrected chi connectivity index (χ2v) is 4.56. The van der Waals surface area contributed by atoms with Gasteiger partial charge in [-0.05, 0) is 26.0 Å². The molecule has 0 fully saturated rings. The van der Waals surface area contributed by atoms with Crippen molar-refractivity contribution in [1.29, 1.82) is 0 Å². The zero-order valence-electron chi connectivity index (χ0n) is 9.98. The molecule has 1 aromatic heterocycles. The van der Waals surface area contributed by atoms with E-state index in [4.69, 9.17) is 22.1 Å². The van der Waals surface area contributed by atoms with Gasteiger partial charge < -0.3 is 15.0 Å². The van der Waals surface area contributed by atoms with Crippen LogP contribution in [0, 0.1) is 0 Å². The average molecular weight is 254 g/mol. The molecule has 0 bridgehead atoms. The second-order valence-electron chi connectivity index (χ2n) is 4.15. The number of hydrogen-bond donors (Lipinski definition) is 1. The maximum atomic E-state index is 6.06. The summed E-state index contributed by atoms with van der Waals surface area (Å²) in [7, 11) is 0. The standard InChI is InChI=1S/C12H16ClN3O/c1-8(2)17-7-6-16-10-5-3-4-9(13)11(10)15-12(16)14/h3-5,8H,6-7H2,1-2H3,(H2,14,15). The average Bonchev–Trinajstić information content (AvgIpc) is 2.57. The van der Waals surface area contributed by atoms with Crippen molar-refractivity contribution in [1.82, 2.24) is 9.55 Å². The summed E-state index contributed by atoms with van der Waals surface area (Å²) < 4.78 is 7.43. The summed E-state index contributed by atoms with van der Waals surface area (Å²) in [5.74, 6) is 0.473. The Morgan fingerprint density at radius 1 is 1.47 bits per heavy atom. The number of aromatic nitrogens is 2. The molecule has 1 heterocycles. The highest BCUT2D eigenvalue weighted by Crippen LogP contribution is 2.24. The van der Waals surface area contributed by atoms with Crippen molar-refractivity contribution in [3.63, 3.8) is 0 Å². The molecule has 2 N–H and O–H groups in total. The topological polar surface area (TPSA) is 53.1 Å². The summed E-state index contributed by atoms with van der Waals surface area (Å²) in [4.78, 5) is 4.26. The van der Waals surface area contributed by atoms with E-state index in [2.05, 4.69) is 4.98 Å². The van der Waals surface area contributed by atoms with Crippen molar-refractivity contribution in [2.45, 2.75) is 26.5 Å². The fourth-order valence-electron chi connectivity index (χ4n) is 1.75. The quantitative estimate of drug-likeness (QED) is 0.912. The van der Waals surface area contributed by atoms with E-state index >= 15 is 0 Å². The van der Waals surface area contributed by atoms with Crippen LogP contribution in [0.2, 0.25) is 5.02 Å². The number of para-hydroxylation sites is 1. The number of nitrogen functional groups attached to an aromatic ring is 1. The van der Waals surface area contributed by atoms with E-state index < -0.39 is 0 Å². The minimum Gasteiger partial charge on any atom is -0.377 e. The predicted molar refractivity (Wildman–Crippen MR) is 70.2 cm³/mol. The lowest BCUT2D eigenvalue weighted by Gasteiger charge is -2.09. The first-order valence-electron chi connectivity index (χ1n) is 5.61. The fourth-order valence-corrected chi connectivity index (χ4v) is 1.96. The lowest BCUT2D eigenvalue weighted by molar-refractivity contribution is 0.0735. The van der Waals surface area contributed by atoms with Gasteiger partial charge in [-0.15, -0.1) is 0 Å². The molecule has 0 radical (unpaired) electrons. The Bertz CT molecular complexity index is 522. The van der Waals surface area contributed by atoms with Crippen molar-refractivity contribution in [3.05, 3.63) is 23.2 Å². The third-order valence-electron chi connectivity index (χ3n) is 2.53. The number of hydrogen-bond acceptors (Lipinski definition) is 3. The van der Waals surface area contributed by atoms with Crippen LogP contribution in [0.3, 0.4) is 0 Å². The van der Waals surface area contributed by atoms with Gasteiger partial charge in [0.2, 0.25) is 5.95 Å². The van der Waals surface area contributed by atoms with Crippen molar-refractivity contribution >= 4 is 28.6 Å². The lowest BCUT2D eigenvalue weighted by atomic mass is 10.3. The number of benzene rings is 1. The Morgan fingerprint density at radius 3 is 2.94 bits per heavy atom. The van der Waals surface area contributed by atoms with Crippen LogP contribution in [-0.4, -0.2) is 22.3 Å². The molecule has 0 unspecified atom stereocenters. The molecule has 0 atom stereocenters. The Morgan fingerprint density at radius 2 is 2.24 bits per heavy atom. The number of imidazole rings is 1. The Balaban J connectivity index is 2.27. The van der Waals surface area contributed by atoms with Gasteiger partial charge in [0.1, 0.15) is 5.52 Å². The molecule has 1 aromatic carbocycles. The van der Waals surface area contributed by atoms with Gasteiger partial charge in [-0.25, -0.2) is 4.98 Å². The Kier molecular flexibility index (Phi) is 3.54.